The van der Waals surface area contributed by atoms with Crippen molar-refractivity contribution >= 4 is 17.7 Å². The summed E-state index contributed by atoms with van der Waals surface area (Å²) in [6.07, 6.45) is 4.90. The van der Waals surface area contributed by atoms with Crippen LogP contribution in [-0.2, 0) is 14.4 Å². The molecule has 3 amide bonds. The normalized spacial score (nSPS) is 27.2. The molecule has 3 fully saturated rings. The van der Waals surface area contributed by atoms with E-state index in [4.69, 9.17) is 5.11 Å². The summed E-state index contributed by atoms with van der Waals surface area (Å²) >= 11 is 0. The first kappa shape index (κ1) is 19.9. The fourth-order valence-corrected chi connectivity index (χ4v) is 5.16. The molecule has 0 aromatic heterocycles. The molecular formula is C22H29N3O4. The average Bonchev–Trinajstić information content (AvgIpc) is 3.36. The standard InChI is InChI=1S/C22H29N3O4/c26-11-10-19(27)24-13-17-12-18(22(29)23-16-8-4-5-9-16)21(25(17)20(28)14-24)15-6-2-1-3-7-15/h1-3,6-7,16-18,21,26H,4-5,8-14H2,(H,23,29)/t17-,18-,21-/m0/s1. The van der Waals surface area contributed by atoms with Crippen LogP contribution in [-0.4, -0.2) is 64.4 Å². The van der Waals surface area contributed by atoms with Gasteiger partial charge in [-0.2, -0.15) is 0 Å². The Morgan fingerprint density at radius 1 is 1.14 bits per heavy atom. The lowest BCUT2D eigenvalue weighted by molar-refractivity contribution is -0.149. The number of nitrogens with zero attached hydrogens (tertiary/aromatic N) is 2. The third kappa shape index (κ3) is 4.01. The van der Waals surface area contributed by atoms with Gasteiger partial charge >= 0.3 is 0 Å². The zero-order chi connectivity index (χ0) is 20.4. The highest BCUT2D eigenvalue weighted by molar-refractivity contribution is 5.89. The summed E-state index contributed by atoms with van der Waals surface area (Å²) in [6.45, 7) is 0.202. The number of aliphatic hydroxyl groups excluding tert-OH is 1. The Morgan fingerprint density at radius 3 is 2.55 bits per heavy atom. The minimum Gasteiger partial charge on any atom is -0.396 e. The minimum absolute atomic E-state index is 0.00955. The topological polar surface area (TPSA) is 90.0 Å². The van der Waals surface area contributed by atoms with Crippen LogP contribution in [0.2, 0.25) is 0 Å². The van der Waals surface area contributed by atoms with Crippen LogP contribution in [0, 0.1) is 5.92 Å². The fourth-order valence-electron chi connectivity index (χ4n) is 5.16. The Kier molecular flexibility index (Phi) is 5.85. The molecule has 2 N–H and O–H groups in total. The van der Waals surface area contributed by atoms with Gasteiger partial charge in [0.15, 0.2) is 0 Å². The number of piperazine rings is 1. The highest BCUT2D eigenvalue weighted by atomic mass is 16.3. The van der Waals surface area contributed by atoms with Crippen LogP contribution < -0.4 is 5.32 Å². The maximum atomic E-state index is 13.2. The van der Waals surface area contributed by atoms with Gasteiger partial charge in [0, 0.05) is 19.0 Å². The molecule has 29 heavy (non-hydrogen) atoms. The van der Waals surface area contributed by atoms with E-state index in [2.05, 4.69) is 5.32 Å². The maximum Gasteiger partial charge on any atom is 0.243 e. The van der Waals surface area contributed by atoms with Crippen LogP contribution in [0.25, 0.3) is 0 Å². The molecule has 1 aromatic rings. The lowest BCUT2D eigenvalue weighted by Crippen LogP contribution is -2.56. The molecule has 1 aromatic carbocycles. The zero-order valence-electron chi connectivity index (χ0n) is 16.6. The molecular weight excluding hydrogens is 370 g/mol. The molecule has 2 aliphatic heterocycles. The summed E-state index contributed by atoms with van der Waals surface area (Å²) in [5.41, 5.74) is 0.963. The Labute approximate surface area is 171 Å². The Hall–Kier alpha value is -2.41. The van der Waals surface area contributed by atoms with E-state index in [0.29, 0.717) is 13.0 Å². The van der Waals surface area contributed by atoms with E-state index >= 15 is 0 Å². The number of nitrogens with one attached hydrogen (secondary N) is 1. The predicted molar refractivity (Wildman–Crippen MR) is 107 cm³/mol. The van der Waals surface area contributed by atoms with Crippen molar-refractivity contribution in [3.8, 4) is 0 Å². The predicted octanol–water partition coefficient (Wildman–Crippen LogP) is 1.23. The number of carbonyl (C=O) groups excluding carboxylic acids is 3. The van der Waals surface area contributed by atoms with Gasteiger partial charge in [0.2, 0.25) is 17.7 Å². The van der Waals surface area contributed by atoms with Crippen molar-refractivity contribution in [3.63, 3.8) is 0 Å². The van der Waals surface area contributed by atoms with Crippen molar-refractivity contribution in [2.75, 3.05) is 19.7 Å². The van der Waals surface area contributed by atoms with E-state index in [-0.39, 0.29) is 61.3 Å². The Morgan fingerprint density at radius 2 is 1.86 bits per heavy atom. The number of benzene rings is 1. The quantitative estimate of drug-likeness (QED) is 0.779. The fraction of sp³-hybridized carbons (Fsp3) is 0.591. The van der Waals surface area contributed by atoms with Gasteiger partial charge < -0.3 is 20.2 Å². The van der Waals surface area contributed by atoms with Crippen LogP contribution >= 0.6 is 0 Å². The second-order valence-corrected chi connectivity index (χ2v) is 8.39. The first-order valence-corrected chi connectivity index (χ1v) is 10.6. The molecule has 7 nitrogen and oxygen atoms in total. The van der Waals surface area contributed by atoms with Gasteiger partial charge in [0.25, 0.3) is 0 Å². The summed E-state index contributed by atoms with van der Waals surface area (Å²) in [5.74, 6) is -0.644. The molecule has 4 rings (SSSR count). The molecule has 2 heterocycles. The van der Waals surface area contributed by atoms with Crippen LogP contribution in [0.15, 0.2) is 30.3 Å². The number of fused-ring (bicyclic) bond motifs is 1. The number of carbonyl (C=O) groups is 3. The van der Waals surface area contributed by atoms with Gasteiger partial charge in [-0.3, -0.25) is 14.4 Å². The van der Waals surface area contributed by atoms with Crippen molar-refractivity contribution in [3.05, 3.63) is 35.9 Å². The van der Waals surface area contributed by atoms with Crippen LogP contribution in [0.4, 0.5) is 0 Å². The number of hydrogen-bond acceptors (Lipinski definition) is 4. The third-order valence-corrected chi connectivity index (χ3v) is 6.50. The summed E-state index contributed by atoms with van der Waals surface area (Å²) in [4.78, 5) is 41.8. The molecule has 1 aliphatic carbocycles. The van der Waals surface area contributed by atoms with E-state index in [9.17, 15) is 14.4 Å². The lowest BCUT2D eigenvalue weighted by Gasteiger charge is -2.40. The van der Waals surface area contributed by atoms with E-state index in [1.165, 1.54) is 4.90 Å². The van der Waals surface area contributed by atoms with Gasteiger partial charge in [-0.25, -0.2) is 0 Å². The first-order valence-electron chi connectivity index (χ1n) is 10.6. The smallest absolute Gasteiger partial charge is 0.243 e. The van der Waals surface area contributed by atoms with Crippen LogP contribution in [0.3, 0.4) is 0 Å². The Balaban J connectivity index is 1.58. The van der Waals surface area contributed by atoms with E-state index in [1.54, 1.807) is 0 Å². The van der Waals surface area contributed by atoms with Crippen molar-refractivity contribution in [2.45, 2.75) is 56.7 Å². The van der Waals surface area contributed by atoms with Crippen LogP contribution in [0.5, 0.6) is 0 Å². The average molecular weight is 399 g/mol. The van der Waals surface area contributed by atoms with Crippen molar-refractivity contribution in [2.24, 2.45) is 5.92 Å². The number of aliphatic hydroxyl groups is 1. The van der Waals surface area contributed by atoms with Gasteiger partial charge in [0.05, 0.1) is 31.2 Å². The molecule has 0 unspecified atom stereocenters. The molecule has 3 atom stereocenters. The summed E-state index contributed by atoms with van der Waals surface area (Å²) in [6, 6.07) is 9.49. The Bertz CT molecular complexity index is 763. The first-order chi connectivity index (χ1) is 14.1. The second-order valence-electron chi connectivity index (χ2n) is 8.39. The minimum atomic E-state index is -0.320. The number of hydrogen-bond donors (Lipinski definition) is 2. The molecule has 7 heteroatoms. The summed E-state index contributed by atoms with van der Waals surface area (Å²) in [7, 11) is 0. The lowest BCUT2D eigenvalue weighted by atomic mass is 9.92. The zero-order valence-corrected chi connectivity index (χ0v) is 16.6. The highest BCUT2D eigenvalue weighted by Crippen LogP contribution is 2.43. The maximum absolute atomic E-state index is 13.2. The number of rotatable bonds is 5. The molecule has 2 saturated heterocycles. The summed E-state index contributed by atoms with van der Waals surface area (Å²) in [5, 5.41) is 12.3. The molecule has 156 valence electrons. The molecule has 3 aliphatic rings. The van der Waals surface area contributed by atoms with Crippen molar-refractivity contribution in [1.29, 1.82) is 0 Å². The molecule has 0 radical (unpaired) electrons. The second kappa shape index (κ2) is 8.53. The van der Waals surface area contributed by atoms with Gasteiger partial charge in [0.1, 0.15) is 0 Å². The van der Waals surface area contributed by atoms with Crippen molar-refractivity contribution < 1.29 is 19.5 Å². The SMILES string of the molecule is O=C(NC1CCCC1)[C@H]1C[C@H]2CN(C(=O)CCO)CC(=O)N2[C@H]1c1ccccc1. The van der Waals surface area contributed by atoms with E-state index in [1.807, 2.05) is 35.2 Å². The van der Waals surface area contributed by atoms with Gasteiger partial charge in [-0.1, -0.05) is 43.2 Å². The highest BCUT2D eigenvalue weighted by Gasteiger charge is 2.50. The number of amides is 3. The van der Waals surface area contributed by atoms with Gasteiger partial charge in [-0.15, -0.1) is 0 Å². The van der Waals surface area contributed by atoms with E-state index in [0.717, 1.165) is 31.2 Å². The third-order valence-electron chi connectivity index (χ3n) is 6.50. The summed E-state index contributed by atoms with van der Waals surface area (Å²) < 4.78 is 0. The monoisotopic (exact) mass is 399 g/mol. The molecule has 0 spiro atoms. The van der Waals surface area contributed by atoms with Crippen LogP contribution in [0.1, 0.15) is 50.1 Å². The van der Waals surface area contributed by atoms with E-state index < -0.39 is 0 Å². The largest absolute Gasteiger partial charge is 0.396 e. The molecule has 1 saturated carbocycles. The van der Waals surface area contributed by atoms with Crippen molar-refractivity contribution in [1.82, 2.24) is 15.1 Å². The van der Waals surface area contributed by atoms with Gasteiger partial charge in [-0.05, 0) is 24.8 Å². The molecule has 0 bridgehead atoms.